The quantitative estimate of drug-likeness (QED) is 0.912. The SMILES string of the molecule is CCN(CC)C(=O)NC1Cc2[nH]c3ccc(OC)cc3c2C1. The molecule has 0 radical (unpaired) electrons. The van der Waals surface area contributed by atoms with Gasteiger partial charge in [-0.25, -0.2) is 4.79 Å². The van der Waals surface area contributed by atoms with Crippen molar-refractivity contribution in [3.8, 4) is 5.75 Å². The van der Waals surface area contributed by atoms with Crippen molar-refractivity contribution in [3.63, 3.8) is 0 Å². The summed E-state index contributed by atoms with van der Waals surface area (Å²) in [6.07, 6.45) is 1.73. The molecule has 1 heterocycles. The second-order valence-electron chi connectivity index (χ2n) is 5.72. The molecule has 0 spiro atoms. The number of urea groups is 1. The van der Waals surface area contributed by atoms with Gasteiger partial charge >= 0.3 is 6.03 Å². The van der Waals surface area contributed by atoms with Crippen LogP contribution < -0.4 is 10.1 Å². The molecular weight excluding hydrogens is 278 g/mol. The van der Waals surface area contributed by atoms with Gasteiger partial charge in [0, 0.05) is 42.1 Å². The lowest BCUT2D eigenvalue weighted by Crippen LogP contribution is -2.45. The molecule has 2 amide bonds. The number of carbonyl (C=O) groups excluding carboxylic acids is 1. The Kier molecular flexibility index (Phi) is 3.96. The molecule has 0 fully saturated rings. The number of aromatic amines is 1. The van der Waals surface area contributed by atoms with E-state index in [9.17, 15) is 4.79 Å². The van der Waals surface area contributed by atoms with Gasteiger partial charge in [-0.2, -0.15) is 0 Å². The maximum absolute atomic E-state index is 12.2. The molecule has 1 unspecified atom stereocenters. The lowest BCUT2D eigenvalue weighted by Gasteiger charge is -2.22. The van der Waals surface area contributed by atoms with Gasteiger partial charge in [-0.05, 0) is 44.0 Å². The van der Waals surface area contributed by atoms with Gasteiger partial charge in [0.05, 0.1) is 7.11 Å². The van der Waals surface area contributed by atoms with Gasteiger partial charge in [-0.15, -0.1) is 0 Å². The first-order valence-corrected chi connectivity index (χ1v) is 7.89. The van der Waals surface area contributed by atoms with Crippen LogP contribution in [0.1, 0.15) is 25.1 Å². The highest BCUT2D eigenvalue weighted by molar-refractivity contribution is 5.87. The number of fused-ring (bicyclic) bond motifs is 3. The molecule has 1 aliphatic rings. The molecule has 1 aromatic heterocycles. The first kappa shape index (κ1) is 14.8. The van der Waals surface area contributed by atoms with Crippen LogP contribution >= 0.6 is 0 Å². The Morgan fingerprint density at radius 2 is 2.14 bits per heavy atom. The lowest BCUT2D eigenvalue weighted by atomic mass is 10.1. The van der Waals surface area contributed by atoms with Crippen LogP contribution in [0.25, 0.3) is 10.9 Å². The molecule has 1 atom stereocenters. The highest BCUT2D eigenvalue weighted by Crippen LogP contribution is 2.32. The van der Waals surface area contributed by atoms with Gasteiger partial charge in [-0.1, -0.05) is 0 Å². The number of benzene rings is 1. The zero-order valence-corrected chi connectivity index (χ0v) is 13.4. The Morgan fingerprint density at radius 1 is 1.36 bits per heavy atom. The largest absolute Gasteiger partial charge is 0.497 e. The zero-order chi connectivity index (χ0) is 15.7. The summed E-state index contributed by atoms with van der Waals surface area (Å²) in [5.74, 6) is 0.866. The van der Waals surface area contributed by atoms with Crippen LogP contribution in [0.4, 0.5) is 4.79 Å². The third-order valence-corrected chi connectivity index (χ3v) is 4.48. The lowest BCUT2D eigenvalue weighted by molar-refractivity contribution is 0.199. The highest BCUT2D eigenvalue weighted by atomic mass is 16.5. The van der Waals surface area contributed by atoms with Crippen LogP contribution in [-0.4, -0.2) is 42.2 Å². The third kappa shape index (κ3) is 2.51. The summed E-state index contributed by atoms with van der Waals surface area (Å²) in [5, 5.41) is 4.35. The van der Waals surface area contributed by atoms with E-state index >= 15 is 0 Å². The summed E-state index contributed by atoms with van der Waals surface area (Å²) in [5.41, 5.74) is 3.67. The maximum atomic E-state index is 12.2. The predicted molar refractivity (Wildman–Crippen MR) is 87.5 cm³/mol. The van der Waals surface area contributed by atoms with E-state index < -0.39 is 0 Å². The van der Waals surface area contributed by atoms with Gasteiger partial charge in [0.2, 0.25) is 0 Å². The Morgan fingerprint density at radius 3 is 2.82 bits per heavy atom. The Hall–Kier alpha value is -2.17. The smallest absolute Gasteiger partial charge is 0.317 e. The summed E-state index contributed by atoms with van der Waals surface area (Å²) >= 11 is 0. The van der Waals surface area contributed by atoms with E-state index in [4.69, 9.17) is 4.74 Å². The van der Waals surface area contributed by atoms with Crippen molar-refractivity contribution in [3.05, 3.63) is 29.5 Å². The van der Waals surface area contributed by atoms with Crippen molar-refractivity contribution < 1.29 is 9.53 Å². The van der Waals surface area contributed by atoms with E-state index in [0.717, 1.165) is 37.2 Å². The van der Waals surface area contributed by atoms with Gasteiger partial charge in [-0.3, -0.25) is 0 Å². The standard InChI is InChI=1S/C17H23N3O2/c1-4-20(5-2)17(21)18-11-8-13-14-10-12(22-3)6-7-15(14)19-16(13)9-11/h6-7,10-11,19H,4-5,8-9H2,1-3H3,(H,18,21). The Labute approximate surface area is 130 Å². The monoisotopic (exact) mass is 301 g/mol. The Balaban J connectivity index is 1.77. The Bertz CT molecular complexity index is 689. The second kappa shape index (κ2) is 5.91. The van der Waals surface area contributed by atoms with Crippen LogP contribution in [0.2, 0.25) is 0 Å². The molecule has 118 valence electrons. The molecule has 1 aromatic carbocycles. The summed E-state index contributed by atoms with van der Waals surface area (Å²) in [6, 6.07) is 6.29. The molecular formula is C17H23N3O2. The van der Waals surface area contributed by atoms with Crippen LogP contribution in [0.15, 0.2) is 18.2 Å². The molecule has 0 saturated heterocycles. The zero-order valence-electron chi connectivity index (χ0n) is 13.4. The van der Waals surface area contributed by atoms with E-state index in [2.05, 4.69) is 22.4 Å². The number of aromatic nitrogens is 1. The molecule has 3 rings (SSSR count). The number of nitrogens with zero attached hydrogens (tertiary/aromatic N) is 1. The number of nitrogens with one attached hydrogen (secondary N) is 2. The second-order valence-corrected chi connectivity index (χ2v) is 5.72. The number of hydrogen-bond acceptors (Lipinski definition) is 2. The van der Waals surface area contributed by atoms with Crippen LogP contribution in [0, 0.1) is 0 Å². The number of amides is 2. The normalized spacial score (nSPS) is 16.6. The maximum Gasteiger partial charge on any atom is 0.317 e. The number of hydrogen-bond donors (Lipinski definition) is 2. The molecule has 22 heavy (non-hydrogen) atoms. The molecule has 0 aliphatic heterocycles. The van der Waals surface area contributed by atoms with E-state index in [1.54, 1.807) is 7.11 Å². The van der Waals surface area contributed by atoms with Crippen molar-refractivity contribution in [1.82, 2.24) is 15.2 Å². The van der Waals surface area contributed by atoms with Gasteiger partial charge < -0.3 is 19.9 Å². The first-order chi connectivity index (χ1) is 10.7. The predicted octanol–water partition coefficient (Wildman–Crippen LogP) is 2.70. The van der Waals surface area contributed by atoms with E-state index in [1.807, 2.05) is 24.8 Å². The fourth-order valence-electron chi connectivity index (χ4n) is 3.26. The molecule has 1 aliphatic carbocycles. The van der Waals surface area contributed by atoms with E-state index in [-0.39, 0.29) is 12.1 Å². The van der Waals surface area contributed by atoms with Crippen molar-refractivity contribution in [2.45, 2.75) is 32.7 Å². The first-order valence-electron chi connectivity index (χ1n) is 7.89. The highest BCUT2D eigenvalue weighted by Gasteiger charge is 2.27. The summed E-state index contributed by atoms with van der Waals surface area (Å²) < 4.78 is 5.31. The number of ether oxygens (including phenoxy) is 1. The minimum Gasteiger partial charge on any atom is -0.497 e. The van der Waals surface area contributed by atoms with Crippen molar-refractivity contribution in [1.29, 1.82) is 0 Å². The van der Waals surface area contributed by atoms with E-state index in [1.165, 1.54) is 16.6 Å². The van der Waals surface area contributed by atoms with E-state index in [0.29, 0.717) is 0 Å². The molecule has 0 bridgehead atoms. The van der Waals surface area contributed by atoms with Crippen molar-refractivity contribution in [2.75, 3.05) is 20.2 Å². The fourth-order valence-corrected chi connectivity index (χ4v) is 3.26. The summed E-state index contributed by atoms with van der Waals surface area (Å²) in [4.78, 5) is 17.5. The average molecular weight is 301 g/mol. The number of rotatable bonds is 4. The number of carbonyl (C=O) groups is 1. The van der Waals surface area contributed by atoms with Crippen molar-refractivity contribution >= 4 is 16.9 Å². The van der Waals surface area contributed by atoms with Crippen LogP contribution in [0.3, 0.4) is 0 Å². The van der Waals surface area contributed by atoms with Crippen molar-refractivity contribution in [2.24, 2.45) is 0 Å². The number of H-pyrrole nitrogens is 1. The van der Waals surface area contributed by atoms with Crippen LogP contribution in [0.5, 0.6) is 5.75 Å². The van der Waals surface area contributed by atoms with Crippen LogP contribution in [-0.2, 0) is 12.8 Å². The third-order valence-electron chi connectivity index (χ3n) is 4.48. The molecule has 5 heteroatoms. The molecule has 2 aromatic rings. The summed E-state index contributed by atoms with van der Waals surface area (Å²) in [6.45, 7) is 5.47. The topological polar surface area (TPSA) is 57.4 Å². The molecule has 2 N–H and O–H groups in total. The van der Waals surface area contributed by atoms with Gasteiger partial charge in [0.25, 0.3) is 0 Å². The van der Waals surface area contributed by atoms with Gasteiger partial charge in [0.1, 0.15) is 5.75 Å². The molecule has 0 saturated carbocycles. The minimum atomic E-state index is 0.0297. The average Bonchev–Trinajstić information content (AvgIpc) is 3.05. The minimum absolute atomic E-state index is 0.0297. The number of methoxy groups -OCH3 is 1. The molecule has 5 nitrogen and oxygen atoms in total. The van der Waals surface area contributed by atoms with Gasteiger partial charge in [0.15, 0.2) is 0 Å². The fraction of sp³-hybridized carbons (Fsp3) is 0.471. The summed E-state index contributed by atoms with van der Waals surface area (Å²) in [7, 11) is 1.68.